The van der Waals surface area contributed by atoms with Crippen LogP contribution in [0.1, 0.15) is 11.1 Å². The SMILES string of the molecule is C#C.Cc1cc(F)c(C)cc1F. The first-order valence-corrected chi connectivity index (χ1v) is 3.37. The molecule has 0 fully saturated rings. The van der Waals surface area contributed by atoms with E-state index in [1.807, 2.05) is 0 Å². The van der Waals surface area contributed by atoms with E-state index in [2.05, 4.69) is 12.8 Å². The van der Waals surface area contributed by atoms with Crippen LogP contribution < -0.4 is 0 Å². The third kappa shape index (κ3) is 2.35. The third-order valence-corrected chi connectivity index (χ3v) is 1.44. The Kier molecular flexibility index (Phi) is 3.99. The van der Waals surface area contributed by atoms with E-state index in [-0.39, 0.29) is 11.6 Å². The summed E-state index contributed by atoms with van der Waals surface area (Å²) in [6, 6.07) is 2.40. The summed E-state index contributed by atoms with van der Waals surface area (Å²) in [4.78, 5) is 0. The average Bonchev–Trinajstić information content (AvgIpc) is 2.05. The summed E-state index contributed by atoms with van der Waals surface area (Å²) < 4.78 is 25.2. The second-order valence-electron chi connectivity index (χ2n) is 2.35. The highest BCUT2D eigenvalue weighted by Gasteiger charge is 2.01. The first-order chi connectivity index (χ1) is 5.61. The smallest absolute Gasteiger partial charge is 0.126 e. The van der Waals surface area contributed by atoms with Crippen LogP contribution in [0.15, 0.2) is 12.1 Å². The largest absolute Gasteiger partial charge is 0.207 e. The van der Waals surface area contributed by atoms with E-state index >= 15 is 0 Å². The van der Waals surface area contributed by atoms with Crippen molar-refractivity contribution >= 4 is 0 Å². The van der Waals surface area contributed by atoms with Crippen LogP contribution in [0.25, 0.3) is 0 Å². The molecule has 0 saturated carbocycles. The molecule has 0 unspecified atom stereocenters. The Bertz CT molecular complexity index is 237. The van der Waals surface area contributed by atoms with Crippen molar-refractivity contribution in [1.82, 2.24) is 0 Å². The van der Waals surface area contributed by atoms with Gasteiger partial charge in [-0.2, -0.15) is 0 Å². The maximum absolute atomic E-state index is 12.6. The minimum absolute atomic E-state index is 0.348. The summed E-state index contributed by atoms with van der Waals surface area (Å²) in [5, 5.41) is 0. The van der Waals surface area contributed by atoms with Crippen LogP contribution in [-0.4, -0.2) is 0 Å². The number of hydrogen-bond donors (Lipinski definition) is 0. The molecule has 0 N–H and O–H groups in total. The number of terminal acetylenes is 1. The first kappa shape index (κ1) is 10.6. The molecule has 0 amide bonds. The van der Waals surface area contributed by atoms with Gasteiger partial charge < -0.3 is 0 Å². The Labute approximate surface area is 71.2 Å². The van der Waals surface area contributed by atoms with Gasteiger partial charge >= 0.3 is 0 Å². The van der Waals surface area contributed by atoms with Crippen LogP contribution in [0.2, 0.25) is 0 Å². The van der Waals surface area contributed by atoms with Crippen molar-refractivity contribution in [3.8, 4) is 12.8 Å². The molecule has 0 nitrogen and oxygen atoms in total. The second-order valence-corrected chi connectivity index (χ2v) is 2.35. The number of hydrogen-bond acceptors (Lipinski definition) is 0. The summed E-state index contributed by atoms with van der Waals surface area (Å²) >= 11 is 0. The van der Waals surface area contributed by atoms with Gasteiger partial charge in [0.05, 0.1) is 0 Å². The zero-order chi connectivity index (χ0) is 9.72. The summed E-state index contributed by atoms with van der Waals surface area (Å²) in [5.74, 6) is -0.696. The molecule has 12 heavy (non-hydrogen) atoms. The molecule has 64 valence electrons. The molecular weight excluding hydrogens is 158 g/mol. The molecule has 0 aromatic heterocycles. The van der Waals surface area contributed by atoms with Gasteiger partial charge in [-0.15, -0.1) is 12.8 Å². The van der Waals surface area contributed by atoms with Gasteiger partial charge in [0.15, 0.2) is 0 Å². The van der Waals surface area contributed by atoms with Crippen LogP contribution in [0.4, 0.5) is 8.78 Å². The topological polar surface area (TPSA) is 0 Å². The van der Waals surface area contributed by atoms with Crippen LogP contribution >= 0.6 is 0 Å². The molecule has 1 aromatic rings. The molecule has 0 heterocycles. The van der Waals surface area contributed by atoms with Crippen molar-refractivity contribution in [1.29, 1.82) is 0 Å². The zero-order valence-corrected chi connectivity index (χ0v) is 7.07. The standard InChI is InChI=1S/C8H8F2.C2H2/c1-5-3-8(10)6(2)4-7(5)9;1-2/h3-4H,1-2H3;1-2H. The van der Waals surface area contributed by atoms with Gasteiger partial charge in [-0.1, -0.05) is 0 Å². The lowest BCUT2D eigenvalue weighted by Gasteiger charge is -1.98. The predicted octanol–water partition coefficient (Wildman–Crippen LogP) is 2.83. The van der Waals surface area contributed by atoms with E-state index < -0.39 is 0 Å². The molecule has 0 aliphatic carbocycles. The molecule has 0 atom stereocenters. The molecular formula is C10H10F2. The van der Waals surface area contributed by atoms with E-state index in [9.17, 15) is 8.78 Å². The normalized spacial score (nSPS) is 8.50. The Morgan fingerprint density at radius 1 is 0.917 bits per heavy atom. The average molecular weight is 168 g/mol. The molecule has 1 rings (SSSR count). The number of halogens is 2. The molecule has 0 aliphatic heterocycles. The fourth-order valence-electron chi connectivity index (χ4n) is 0.746. The number of benzene rings is 1. The monoisotopic (exact) mass is 168 g/mol. The quantitative estimate of drug-likeness (QED) is 0.522. The van der Waals surface area contributed by atoms with E-state index in [4.69, 9.17) is 0 Å². The highest BCUT2D eigenvalue weighted by Crippen LogP contribution is 2.12. The summed E-state index contributed by atoms with van der Waals surface area (Å²) in [6.07, 6.45) is 8.00. The Morgan fingerprint density at radius 3 is 1.42 bits per heavy atom. The van der Waals surface area contributed by atoms with Gasteiger partial charge in [0, 0.05) is 0 Å². The van der Waals surface area contributed by atoms with E-state index in [1.54, 1.807) is 0 Å². The fourth-order valence-corrected chi connectivity index (χ4v) is 0.746. The maximum atomic E-state index is 12.6. The van der Waals surface area contributed by atoms with Crippen molar-refractivity contribution in [2.45, 2.75) is 13.8 Å². The highest BCUT2D eigenvalue weighted by molar-refractivity contribution is 5.23. The summed E-state index contributed by atoms with van der Waals surface area (Å²) in [6.45, 7) is 3.08. The van der Waals surface area contributed by atoms with Crippen LogP contribution in [0.5, 0.6) is 0 Å². The van der Waals surface area contributed by atoms with Gasteiger partial charge in [-0.25, -0.2) is 8.78 Å². The molecule has 1 aromatic carbocycles. The van der Waals surface area contributed by atoms with Crippen molar-refractivity contribution in [3.63, 3.8) is 0 Å². The highest BCUT2D eigenvalue weighted by atomic mass is 19.1. The molecule has 0 spiro atoms. The number of aryl methyl sites for hydroxylation is 2. The van der Waals surface area contributed by atoms with Crippen LogP contribution in [0.3, 0.4) is 0 Å². The van der Waals surface area contributed by atoms with Crippen LogP contribution in [-0.2, 0) is 0 Å². The minimum Gasteiger partial charge on any atom is -0.207 e. The third-order valence-electron chi connectivity index (χ3n) is 1.44. The molecule has 0 bridgehead atoms. The lowest BCUT2D eigenvalue weighted by atomic mass is 10.1. The van der Waals surface area contributed by atoms with Gasteiger partial charge in [0.2, 0.25) is 0 Å². The fraction of sp³-hybridized carbons (Fsp3) is 0.200. The van der Waals surface area contributed by atoms with Crippen molar-refractivity contribution in [3.05, 3.63) is 34.9 Å². The van der Waals surface area contributed by atoms with E-state index in [0.717, 1.165) is 0 Å². The Morgan fingerprint density at radius 2 is 1.17 bits per heavy atom. The molecule has 0 radical (unpaired) electrons. The minimum atomic E-state index is -0.348. The van der Waals surface area contributed by atoms with Crippen molar-refractivity contribution in [2.75, 3.05) is 0 Å². The lowest BCUT2D eigenvalue weighted by molar-refractivity contribution is 0.585. The lowest BCUT2D eigenvalue weighted by Crippen LogP contribution is -1.88. The van der Waals surface area contributed by atoms with Crippen molar-refractivity contribution < 1.29 is 8.78 Å². The maximum Gasteiger partial charge on any atom is 0.126 e. The van der Waals surface area contributed by atoms with Gasteiger partial charge in [-0.05, 0) is 37.1 Å². The van der Waals surface area contributed by atoms with Crippen molar-refractivity contribution in [2.24, 2.45) is 0 Å². The zero-order valence-electron chi connectivity index (χ0n) is 7.07. The van der Waals surface area contributed by atoms with Crippen LogP contribution in [0, 0.1) is 38.3 Å². The second kappa shape index (κ2) is 4.50. The molecule has 2 heteroatoms. The molecule has 0 aliphatic rings. The Hall–Kier alpha value is -1.36. The Balaban J connectivity index is 0.000000561. The first-order valence-electron chi connectivity index (χ1n) is 3.37. The van der Waals surface area contributed by atoms with E-state index in [0.29, 0.717) is 11.1 Å². The summed E-state index contributed by atoms with van der Waals surface area (Å²) in [7, 11) is 0. The van der Waals surface area contributed by atoms with Gasteiger partial charge in [-0.3, -0.25) is 0 Å². The van der Waals surface area contributed by atoms with Gasteiger partial charge in [0.25, 0.3) is 0 Å². The predicted molar refractivity (Wildman–Crippen MR) is 45.7 cm³/mol. The van der Waals surface area contributed by atoms with E-state index in [1.165, 1.54) is 26.0 Å². The summed E-state index contributed by atoms with van der Waals surface area (Å²) in [5.41, 5.74) is 0.700. The number of rotatable bonds is 0. The van der Waals surface area contributed by atoms with Gasteiger partial charge in [0.1, 0.15) is 11.6 Å². The molecule has 0 saturated heterocycles.